The monoisotopic (exact) mass is 479 g/mol. The van der Waals surface area contributed by atoms with Gasteiger partial charge in [-0.15, -0.1) is 0 Å². The molecule has 2 amide bonds. The molecule has 0 aromatic heterocycles. The van der Waals surface area contributed by atoms with Crippen molar-refractivity contribution in [3.63, 3.8) is 0 Å². The van der Waals surface area contributed by atoms with Gasteiger partial charge in [-0.3, -0.25) is 9.59 Å². The first-order valence-corrected chi connectivity index (χ1v) is 11.9. The molecule has 4 rings (SSSR count). The predicted molar refractivity (Wildman–Crippen MR) is 132 cm³/mol. The number of carbonyl (C=O) groups is 3. The summed E-state index contributed by atoms with van der Waals surface area (Å²) >= 11 is 0. The summed E-state index contributed by atoms with van der Waals surface area (Å²) in [5.41, 5.74) is 3.50. The van der Waals surface area contributed by atoms with Gasteiger partial charge in [0.15, 0.2) is 0 Å². The first-order valence-electron chi connectivity index (χ1n) is 11.9. The first kappa shape index (κ1) is 24.7. The van der Waals surface area contributed by atoms with E-state index in [1.54, 1.807) is 6.92 Å². The molecule has 0 radical (unpaired) electrons. The van der Waals surface area contributed by atoms with E-state index in [4.69, 9.17) is 4.74 Å². The number of carbonyl (C=O) groups excluding carboxylic acids is 2. The highest BCUT2D eigenvalue weighted by Gasteiger charge is 2.48. The van der Waals surface area contributed by atoms with Crippen LogP contribution in [0.5, 0.6) is 0 Å². The predicted octanol–water partition coefficient (Wildman–Crippen LogP) is 3.02. The number of likely N-dealkylation sites (tertiary alicyclic amines) is 1. The van der Waals surface area contributed by atoms with Gasteiger partial charge in [-0.1, -0.05) is 55.5 Å². The quantitative estimate of drug-likeness (QED) is 0.633. The van der Waals surface area contributed by atoms with Gasteiger partial charge in [0.05, 0.1) is 5.41 Å². The van der Waals surface area contributed by atoms with Gasteiger partial charge in [0.1, 0.15) is 12.6 Å². The molecule has 2 aromatic carbocycles. The van der Waals surface area contributed by atoms with Gasteiger partial charge in [-0.25, -0.2) is 4.79 Å². The number of fused-ring (bicyclic) bond motifs is 3. The summed E-state index contributed by atoms with van der Waals surface area (Å²) in [6.45, 7) is 4.36. The van der Waals surface area contributed by atoms with Crippen LogP contribution in [0.4, 0.5) is 4.79 Å². The number of carboxylic acid groups (broad SMARTS) is 1. The van der Waals surface area contributed by atoms with Crippen LogP contribution in [0.25, 0.3) is 11.1 Å². The average molecular weight is 480 g/mol. The largest absolute Gasteiger partial charge is 0.481 e. The van der Waals surface area contributed by atoms with Crippen LogP contribution >= 0.6 is 0 Å². The second kappa shape index (κ2) is 9.70. The lowest BCUT2D eigenvalue weighted by Gasteiger charge is -2.27. The van der Waals surface area contributed by atoms with Gasteiger partial charge in [0.25, 0.3) is 0 Å². The summed E-state index contributed by atoms with van der Waals surface area (Å²) < 4.78 is 5.63. The fourth-order valence-electron chi connectivity index (χ4n) is 5.15. The SMILES string of the molecule is C[C@@H]1CN(C(=O)[C@H](CN(C)C)NC(=O)OCC2c3ccccc3-c3ccccc32)C[C@@]1(C)C(=O)O. The number of ether oxygens (including phenoxy) is 1. The van der Waals surface area contributed by atoms with E-state index >= 15 is 0 Å². The molecular formula is C27H33N3O5. The van der Waals surface area contributed by atoms with E-state index < -0.39 is 23.5 Å². The molecule has 1 aliphatic carbocycles. The number of carboxylic acids is 1. The molecule has 0 unspecified atom stereocenters. The highest BCUT2D eigenvalue weighted by molar-refractivity contribution is 5.87. The van der Waals surface area contributed by atoms with E-state index in [9.17, 15) is 19.5 Å². The molecule has 2 aromatic rings. The summed E-state index contributed by atoms with van der Waals surface area (Å²) in [6, 6.07) is 15.3. The molecule has 8 heteroatoms. The molecule has 1 saturated heterocycles. The molecule has 0 bridgehead atoms. The van der Waals surface area contributed by atoms with E-state index in [-0.39, 0.29) is 37.4 Å². The number of alkyl carbamates (subject to hydrolysis) is 1. The van der Waals surface area contributed by atoms with Crippen LogP contribution < -0.4 is 5.32 Å². The maximum Gasteiger partial charge on any atom is 0.407 e. The summed E-state index contributed by atoms with van der Waals surface area (Å²) in [7, 11) is 3.63. The molecule has 3 atom stereocenters. The van der Waals surface area contributed by atoms with Crippen molar-refractivity contribution < 1.29 is 24.2 Å². The van der Waals surface area contributed by atoms with Gasteiger partial charge < -0.3 is 25.0 Å². The Morgan fingerprint density at radius 3 is 2.20 bits per heavy atom. The molecule has 1 fully saturated rings. The second-order valence-electron chi connectivity index (χ2n) is 10.1. The van der Waals surface area contributed by atoms with Crippen LogP contribution in [0, 0.1) is 11.3 Å². The maximum atomic E-state index is 13.3. The molecule has 0 saturated carbocycles. The Labute approximate surface area is 205 Å². The lowest BCUT2D eigenvalue weighted by molar-refractivity contribution is -0.149. The van der Waals surface area contributed by atoms with Gasteiger partial charge in [0.2, 0.25) is 5.91 Å². The second-order valence-corrected chi connectivity index (χ2v) is 10.1. The van der Waals surface area contributed by atoms with Crippen molar-refractivity contribution in [1.29, 1.82) is 0 Å². The first-order chi connectivity index (χ1) is 16.6. The number of nitrogens with one attached hydrogen (secondary N) is 1. The molecule has 35 heavy (non-hydrogen) atoms. The molecule has 186 valence electrons. The van der Waals surface area contributed by atoms with E-state index in [2.05, 4.69) is 17.4 Å². The Hall–Kier alpha value is -3.39. The van der Waals surface area contributed by atoms with E-state index in [1.165, 1.54) is 4.90 Å². The number of benzene rings is 2. The van der Waals surface area contributed by atoms with Gasteiger partial charge in [-0.2, -0.15) is 0 Å². The summed E-state index contributed by atoms with van der Waals surface area (Å²) in [5, 5.41) is 12.4. The van der Waals surface area contributed by atoms with Crippen LogP contribution in [0.1, 0.15) is 30.9 Å². The fraction of sp³-hybridized carbons (Fsp3) is 0.444. The van der Waals surface area contributed by atoms with Crippen LogP contribution in [0.3, 0.4) is 0 Å². The average Bonchev–Trinajstić information content (AvgIpc) is 3.31. The van der Waals surface area contributed by atoms with Crippen molar-refractivity contribution in [3.8, 4) is 11.1 Å². The standard InChI is InChI=1S/C27H33N3O5/c1-17-13-30(16-27(17,2)25(32)33)24(31)23(14-29(3)4)28-26(34)35-15-22-20-11-7-5-9-18(20)19-10-6-8-12-21(19)22/h5-12,17,22-23H,13-16H2,1-4H3,(H,28,34)(H,32,33)/t17-,23+,27-/m1/s1. The molecular weight excluding hydrogens is 446 g/mol. The molecule has 1 heterocycles. The zero-order valence-electron chi connectivity index (χ0n) is 20.7. The van der Waals surface area contributed by atoms with Crippen LogP contribution in [0.15, 0.2) is 48.5 Å². The number of amides is 2. The van der Waals surface area contributed by atoms with Crippen molar-refractivity contribution in [2.24, 2.45) is 11.3 Å². The zero-order valence-corrected chi connectivity index (χ0v) is 20.7. The lowest BCUT2D eigenvalue weighted by Crippen LogP contribution is -2.53. The Morgan fingerprint density at radius 1 is 1.11 bits per heavy atom. The third kappa shape index (κ3) is 4.75. The van der Waals surface area contributed by atoms with E-state index in [0.29, 0.717) is 6.54 Å². The van der Waals surface area contributed by atoms with Gasteiger partial charge in [-0.05, 0) is 49.2 Å². The lowest BCUT2D eigenvalue weighted by atomic mass is 9.81. The minimum atomic E-state index is -1.01. The fourth-order valence-corrected chi connectivity index (χ4v) is 5.15. The van der Waals surface area contributed by atoms with Crippen LogP contribution in [0.2, 0.25) is 0 Å². The third-order valence-electron chi connectivity index (χ3n) is 7.38. The number of aliphatic carboxylic acids is 1. The molecule has 0 spiro atoms. The van der Waals surface area contributed by atoms with Crippen molar-refractivity contribution in [3.05, 3.63) is 59.7 Å². The molecule has 1 aliphatic heterocycles. The Kier molecular flexibility index (Phi) is 6.85. The smallest absolute Gasteiger partial charge is 0.407 e. The van der Waals surface area contributed by atoms with E-state index in [1.807, 2.05) is 62.3 Å². The highest BCUT2D eigenvalue weighted by atomic mass is 16.5. The third-order valence-corrected chi connectivity index (χ3v) is 7.38. The number of nitrogens with zero attached hydrogens (tertiary/aromatic N) is 2. The Balaban J connectivity index is 1.44. The number of rotatable bonds is 7. The molecule has 2 N–H and O–H groups in total. The van der Waals surface area contributed by atoms with Crippen LogP contribution in [-0.4, -0.2) is 79.3 Å². The van der Waals surface area contributed by atoms with Crippen molar-refractivity contribution in [1.82, 2.24) is 15.1 Å². The van der Waals surface area contributed by atoms with Gasteiger partial charge >= 0.3 is 12.1 Å². The Bertz CT molecular complexity index is 1090. The minimum Gasteiger partial charge on any atom is -0.481 e. The number of hydrogen-bond acceptors (Lipinski definition) is 5. The van der Waals surface area contributed by atoms with Crippen molar-refractivity contribution >= 4 is 18.0 Å². The topological polar surface area (TPSA) is 99.2 Å². The van der Waals surface area contributed by atoms with Gasteiger partial charge in [0, 0.05) is 25.6 Å². The van der Waals surface area contributed by atoms with Crippen molar-refractivity contribution in [2.45, 2.75) is 25.8 Å². The zero-order chi connectivity index (χ0) is 25.3. The molecule has 8 nitrogen and oxygen atoms in total. The molecule has 2 aliphatic rings. The highest BCUT2D eigenvalue weighted by Crippen LogP contribution is 2.44. The summed E-state index contributed by atoms with van der Waals surface area (Å²) in [6.07, 6.45) is -0.666. The minimum absolute atomic E-state index is 0.0770. The number of hydrogen-bond donors (Lipinski definition) is 2. The normalized spacial score (nSPS) is 22.0. The summed E-state index contributed by atoms with van der Waals surface area (Å²) in [4.78, 5) is 41.2. The number of likely N-dealkylation sites (N-methyl/N-ethyl adjacent to an activating group) is 1. The van der Waals surface area contributed by atoms with E-state index in [0.717, 1.165) is 22.3 Å². The van der Waals surface area contributed by atoms with Crippen LogP contribution in [-0.2, 0) is 14.3 Å². The maximum absolute atomic E-state index is 13.3. The Morgan fingerprint density at radius 2 is 1.69 bits per heavy atom. The summed E-state index contributed by atoms with van der Waals surface area (Å²) in [5.74, 6) is -1.50. The van der Waals surface area contributed by atoms with Crippen molar-refractivity contribution in [2.75, 3.05) is 40.3 Å².